The zero-order chi connectivity index (χ0) is 24.3. The lowest BCUT2D eigenvalue weighted by Gasteiger charge is -2.36. The molecule has 1 aliphatic carbocycles. The first-order valence-electron chi connectivity index (χ1n) is 11.7. The predicted octanol–water partition coefficient (Wildman–Crippen LogP) is 6.24. The SMILES string of the molecule is C=C/C(C=O)=C1/N=CC(c2cccc(O/C(C=C)=C/C=C\COC)c2)=C(C2CCCCC2)N1C. The maximum Gasteiger partial charge on any atom is 0.153 e. The van der Waals surface area contributed by atoms with Crippen molar-refractivity contribution >= 4 is 18.1 Å². The highest BCUT2D eigenvalue weighted by Gasteiger charge is 2.29. The average Bonchev–Trinajstić information content (AvgIpc) is 2.88. The summed E-state index contributed by atoms with van der Waals surface area (Å²) in [7, 11) is 3.65. The second kappa shape index (κ2) is 12.7. The fourth-order valence-electron chi connectivity index (χ4n) is 4.45. The summed E-state index contributed by atoms with van der Waals surface area (Å²) in [4.78, 5) is 18.3. The molecule has 34 heavy (non-hydrogen) atoms. The van der Waals surface area contributed by atoms with Crippen molar-refractivity contribution in [2.24, 2.45) is 10.9 Å². The predicted molar refractivity (Wildman–Crippen MR) is 139 cm³/mol. The second-order valence-electron chi connectivity index (χ2n) is 8.34. The molecular formula is C29H34N2O3. The minimum absolute atomic E-state index is 0.410. The molecule has 2 aliphatic rings. The molecule has 3 rings (SSSR count). The van der Waals surface area contributed by atoms with Gasteiger partial charge < -0.3 is 14.4 Å². The summed E-state index contributed by atoms with van der Waals surface area (Å²) in [6.45, 7) is 8.18. The van der Waals surface area contributed by atoms with Crippen molar-refractivity contribution in [2.45, 2.75) is 32.1 Å². The van der Waals surface area contributed by atoms with Crippen LogP contribution in [0.25, 0.3) is 5.57 Å². The van der Waals surface area contributed by atoms with Crippen molar-refractivity contribution in [1.29, 1.82) is 0 Å². The molecule has 1 aromatic carbocycles. The van der Waals surface area contributed by atoms with E-state index in [1.54, 1.807) is 19.3 Å². The third-order valence-electron chi connectivity index (χ3n) is 6.11. The highest BCUT2D eigenvalue weighted by atomic mass is 16.5. The summed E-state index contributed by atoms with van der Waals surface area (Å²) in [5, 5.41) is 0. The van der Waals surface area contributed by atoms with Gasteiger partial charge in [-0.2, -0.15) is 0 Å². The average molecular weight is 459 g/mol. The first-order chi connectivity index (χ1) is 16.6. The van der Waals surface area contributed by atoms with Crippen molar-refractivity contribution in [3.63, 3.8) is 0 Å². The maximum atomic E-state index is 11.6. The Morgan fingerprint density at radius 2 is 2.00 bits per heavy atom. The number of ether oxygens (including phenoxy) is 2. The zero-order valence-electron chi connectivity index (χ0n) is 20.2. The van der Waals surface area contributed by atoms with Gasteiger partial charge in [-0.25, -0.2) is 4.99 Å². The molecule has 0 radical (unpaired) electrons. The van der Waals surface area contributed by atoms with Crippen molar-refractivity contribution in [3.8, 4) is 5.75 Å². The molecule has 0 saturated heterocycles. The first kappa shape index (κ1) is 25.2. The summed E-state index contributed by atoms with van der Waals surface area (Å²) < 4.78 is 11.1. The topological polar surface area (TPSA) is 51.1 Å². The van der Waals surface area contributed by atoms with Crippen LogP contribution in [-0.4, -0.2) is 38.2 Å². The van der Waals surface area contributed by atoms with Crippen LogP contribution in [0.15, 0.2) is 95.6 Å². The van der Waals surface area contributed by atoms with E-state index >= 15 is 0 Å². The maximum absolute atomic E-state index is 11.6. The molecule has 0 aromatic heterocycles. The van der Waals surface area contributed by atoms with E-state index in [1.807, 2.05) is 49.7 Å². The molecule has 1 aromatic rings. The highest BCUT2D eigenvalue weighted by Crippen LogP contribution is 2.39. The largest absolute Gasteiger partial charge is 0.457 e. The number of rotatable bonds is 10. The number of carbonyl (C=O) groups is 1. The normalized spacial score (nSPS) is 18.9. The number of carbonyl (C=O) groups excluding carboxylic acids is 1. The molecule has 5 heteroatoms. The number of aliphatic imine (C=N–C) groups is 1. The standard InChI is InChI=1S/C29H34N2O3/c1-5-22(21-32)29-30-20-27(28(31(29)3)23-13-8-7-9-14-23)24-15-12-17-26(19-24)34-25(6-2)16-10-11-18-33-4/h5-6,10-12,15-17,19-21,23H,1-2,7-9,13-14,18H2,3-4H3/b11-10-,25-16+,29-22+. The first-order valence-corrected chi connectivity index (χ1v) is 11.7. The molecule has 0 spiro atoms. The Kier molecular flexibility index (Phi) is 9.41. The van der Waals surface area contributed by atoms with Crippen LogP contribution in [0.1, 0.15) is 37.7 Å². The van der Waals surface area contributed by atoms with E-state index in [9.17, 15) is 4.79 Å². The molecule has 0 N–H and O–H groups in total. The van der Waals surface area contributed by atoms with Crippen LogP contribution in [0.5, 0.6) is 5.75 Å². The second-order valence-corrected chi connectivity index (χ2v) is 8.34. The number of aldehydes is 1. The van der Waals surface area contributed by atoms with Gasteiger partial charge in [-0.05, 0) is 48.6 Å². The van der Waals surface area contributed by atoms with Gasteiger partial charge in [0, 0.05) is 31.6 Å². The van der Waals surface area contributed by atoms with Gasteiger partial charge in [0.1, 0.15) is 17.3 Å². The van der Waals surface area contributed by atoms with Crippen molar-refractivity contribution in [1.82, 2.24) is 4.90 Å². The number of methoxy groups -OCH3 is 1. The van der Waals surface area contributed by atoms with E-state index in [1.165, 1.54) is 25.0 Å². The Bertz CT molecular complexity index is 1040. The van der Waals surface area contributed by atoms with Crippen LogP contribution in [0.4, 0.5) is 0 Å². The van der Waals surface area contributed by atoms with Crippen LogP contribution >= 0.6 is 0 Å². The molecule has 178 valence electrons. The number of hydrogen-bond acceptors (Lipinski definition) is 5. The fourth-order valence-corrected chi connectivity index (χ4v) is 4.45. The van der Waals surface area contributed by atoms with Gasteiger partial charge in [-0.3, -0.25) is 4.79 Å². The van der Waals surface area contributed by atoms with E-state index in [4.69, 9.17) is 9.47 Å². The quantitative estimate of drug-likeness (QED) is 0.180. The monoisotopic (exact) mass is 458 g/mol. The van der Waals surface area contributed by atoms with Gasteiger partial charge in [0.05, 0.1) is 12.2 Å². The summed E-state index contributed by atoms with van der Waals surface area (Å²) in [6, 6.07) is 8.01. The molecule has 1 aliphatic heterocycles. The third kappa shape index (κ3) is 6.12. The summed E-state index contributed by atoms with van der Waals surface area (Å²) >= 11 is 0. The summed E-state index contributed by atoms with van der Waals surface area (Å²) in [5.74, 6) is 2.41. The lowest BCUT2D eigenvalue weighted by molar-refractivity contribution is -0.104. The van der Waals surface area contributed by atoms with Crippen molar-refractivity contribution in [2.75, 3.05) is 20.8 Å². The minimum atomic E-state index is 0.410. The van der Waals surface area contributed by atoms with Crippen LogP contribution in [0, 0.1) is 5.92 Å². The van der Waals surface area contributed by atoms with E-state index in [0.717, 1.165) is 36.0 Å². The molecule has 1 fully saturated rings. The fraction of sp³-hybridized carbons (Fsp3) is 0.310. The molecular weight excluding hydrogens is 424 g/mol. The van der Waals surface area contributed by atoms with Gasteiger partial charge in [0.25, 0.3) is 0 Å². The summed E-state index contributed by atoms with van der Waals surface area (Å²) in [6.07, 6.45) is 17.5. The van der Waals surface area contributed by atoms with Crippen LogP contribution < -0.4 is 4.74 Å². The minimum Gasteiger partial charge on any atom is -0.457 e. The Hall–Kier alpha value is -3.44. The van der Waals surface area contributed by atoms with E-state index in [2.05, 4.69) is 29.1 Å². The third-order valence-corrected chi connectivity index (χ3v) is 6.11. The van der Waals surface area contributed by atoms with E-state index in [0.29, 0.717) is 29.7 Å². The van der Waals surface area contributed by atoms with Gasteiger partial charge in [0.15, 0.2) is 6.29 Å². The smallest absolute Gasteiger partial charge is 0.153 e. The molecule has 0 bridgehead atoms. The van der Waals surface area contributed by atoms with Crippen molar-refractivity contribution < 1.29 is 14.3 Å². The highest BCUT2D eigenvalue weighted by molar-refractivity contribution is 6.12. The molecule has 0 unspecified atom stereocenters. The molecule has 1 saturated carbocycles. The molecule has 1 heterocycles. The van der Waals surface area contributed by atoms with Gasteiger partial charge in [-0.1, -0.05) is 62.8 Å². The molecule has 0 atom stereocenters. The van der Waals surface area contributed by atoms with Crippen LogP contribution in [0.2, 0.25) is 0 Å². The van der Waals surface area contributed by atoms with Crippen molar-refractivity contribution in [3.05, 3.63) is 96.2 Å². The Balaban J connectivity index is 2.00. The lowest BCUT2D eigenvalue weighted by Crippen LogP contribution is -2.29. The van der Waals surface area contributed by atoms with Gasteiger partial charge in [-0.15, -0.1) is 0 Å². The van der Waals surface area contributed by atoms with E-state index in [-0.39, 0.29) is 0 Å². The molecule has 5 nitrogen and oxygen atoms in total. The summed E-state index contributed by atoms with van der Waals surface area (Å²) in [5.41, 5.74) is 3.77. The van der Waals surface area contributed by atoms with Gasteiger partial charge in [0.2, 0.25) is 0 Å². The molecule has 0 amide bonds. The number of allylic oxidation sites excluding steroid dienone is 7. The number of benzene rings is 1. The zero-order valence-corrected chi connectivity index (χ0v) is 20.2. The lowest BCUT2D eigenvalue weighted by atomic mass is 9.83. The number of nitrogens with zero attached hydrogens (tertiary/aromatic N) is 2. The van der Waals surface area contributed by atoms with Crippen LogP contribution in [0.3, 0.4) is 0 Å². The van der Waals surface area contributed by atoms with E-state index < -0.39 is 0 Å². The van der Waals surface area contributed by atoms with Crippen LogP contribution in [-0.2, 0) is 9.53 Å². The number of hydrogen-bond donors (Lipinski definition) is 0. The Labute approximate surface area is 203 Å². The van der Waals surface area contributed by atoms with Gasteiger partial charge >= 0.3 is 0 Å². The Morgan fingerprint density at radius 1 is 1.21 bits per heavy atom. The Morgan fingerprint density at radius 3 is 2.68 bits per heavy atom.